The van der Waals surface area contributed by atoms with Crippen molar-refractivity contribution in [3.05, 3.63) is 97.2 Å². The van der Waals surface area contributed by atoms with E-state index in [2.05, 4.69) is 111 Å². The number of ether oxygens (including phenoxy) is 2. The van der Waals surface area contributed by atoms with Crippen molar-refractivity contribution in [3.8, 4) is 0 Å². The maximum atomic E-state index is 12.3. The van der Waals surface area contributed by atoms with E-state index in [4.69, 9.17) is 9.47 Å². The molecule has 342 valence electrons. The van der Waals surface area contributed by atoms with E-state index >= 15 is 0 Å². The molecule has 60 heavy (non-hydrogen) atoms. The van der Waals surface area contributed by atoms with Gasteiger partial charge in [0.05, 0.1) is 6.61 Å². The second-order valence-corrected chi connectivity index (χ2v) is 16.1. The number of rotatable bonds is 44. The third kappa shape index (κ3) is 47.5. The number of esters is 2. The van der Waals surface area contributed by atoms with Crippen molar-refractivity contribution in [2.75, 3.05) is 13.2 Å². The van der Waals surface area contributed by atoms with Crippen LogP contribution in [0.5, 0.6) is 0 Å². The van der Waals surface area contributed by atoms with Gasteiger partial charge in [-0.15, -0.1) is 0 Å². The van der Waals surface area contributed by atoms with Crippen LogP contribution in [0.15, 0.2) is 97.2 Å². The Morgan fingerprint density at radius 2 is 0.667 bits per heavy atom. The van der Waals surface area contributed by atoms with Crippen molar-refractivity contribution in [3.63, 3.8) is 0 Å². The van der Waals surface area contributed by atoms with Gasteiger partial charge in [0.25, 0.3) is 0 Å². The molecule has 0 aliphatic heterocycles. The van der Waals surface area contributed by atoms with Crippen LogP contribution in [0.3, 0.4) is 0 Å². The summed E-state index contributed by atoms with van der Waals surface area (Å²) in [6.45, 7) is 3.91. The first-order valence-corrected chi connectivity index (χ1v) is 24.8. The standard InChI is InChI=1S/C55H92O5/c1-3-5-7-9-11-13-15-17-19-21-23-25-27-29-31-33-35-37-39-41-43-45-47-49-54(57)59-52-53(51-56)60-55(58)50-48-46-44-42-40-38-36-34-32-30-28-26-24-22-20-18-16-14-12-10-8-6-4-2/h5-8,11-14,17-20,23-26,53,56H,3-4,9-10,15-16,21-22,27-52H2,1-2H3/b7-5-,8-6-,13-11-,14-12-,19-17-,20-18-,25-23-,26-24-. The Labute approximate surface area is 370 Å². The Hall–Kier alpha value is -3.18. The first-order chi connectivity index (χ1) is 29.6. The van der Waals surface area contributed by atoms with Gasteiger partial charge in [0.2, 0.25) is 0 Å². The van der Waals surface area contributed by atoms with E-state index in [1.54, 1.807) is 0 Å². The van der Waals surface area contributed by atoms with Gasteiger partial charge in [0, 0.05) is 12.8 Å². The summed E-state index contributed by atoms with van der Waals surface area (Å²) in [5.41, 5.74) is 0. The van der Waals surface area contributed by atoms with E-state index in [-0.39, 0.29) is 25.2 Å². The second-order valence-electron chi connectivity index (χ2n) is 16.1. The number of aliphatic hydroxyl groups excluding tert-OH is 1. The molecule has 0 heterocycles. The van der Waals surface area contributed by atoms with E-state index in [0.717, 1.165) is 89.9 Å². The lowest BCUT2D eigenvalue weighted by Gasteiger charge is -2.15. The van der Waals surface area contributed by atoms with E-state index in [9.17, 15) is 14.7 Å². The molecular weight excluding hydrogens is 741 g/mol. The molecule has 5 nitrogen and oxygen atoms in total. The number of hydrogen-bond acceptors (Lipinski definition) is 5. The average Bonchev–Trinajstić information content (AvgIpc) is 3.25. The molecule has 0 saturated heterocycles. The van der Waals surface area contributed by atoms with Crippen molar-refractivity contribution < 1.29 is 24.2 Å². The van der Waals surface area contributed by atoms with Gasteiger partial charge in [0.1, 0.15) is 6.61 Å². The summed E-state index contributed by atoms with van der Waals surface area (Å²) < 4.78 is 10.7. The normalized spacial score (nSPS) is 13.1. The molecule has 1 unspecified atom stereocenters. The fraction of sp³-hybridized carbons (Fsp3) is 0.673. The van der Waals surface area contributed by atoms with Gasteiger partial charge in [-0.2, -0.15) is 0 Å². The van der Waals surface area contributed by atoms with Crippen molar-refractivity contribution in [1.29, 1.82) is 0 Å². The van der Waals surface area contributed by atoms with Gasteiger partial charge in [-0.3, -0.25) is 9.59 Å². The molecule has 0 radical (unpaired) electrons. The fourth-order valence-electron chi connectivity index (χ4n) is 6.71. The van der Waals surface area contributed by atoms with E-state index in [1.165, 1.54) is 103 Å². The average molecular weight is 833 g/mol. The molecule has 0 aromatic carbocycles. The zero-order valence-electron chi connectivity index (χ0n) is 38.9. The molecular formula is C55H92O5. The van der Waals surface area contributed by atoms with Crippen molar-refractivity contribution in [2.24, 2.45) is 0 Å². The summed E-state index contributed by atoms with van der Waals surface area (Å²) in [7, 11) is 0. The smallest absolute Gasteiger partial charge is 0.306 e. The van der Waals surface area contributed by atoms with Crippen molar-refractivity contribution >= 4 is 11.9 Å². The number of carbonyl (C=O) groups is 2. The van der Waals surface area contributed by atoms with Crippen LogP contribution >= 0.6 is 0 Å². The second kappa shape index (κ2) is 50.2. The SMILES string of the molecule is CC/C=C\C/C=C\C/C=C\C/C=C\CCCCCCCCCCCCC(=O)OCC(CO)OC(=O)CCCCCCCCCCCC/C=C\C/C=C\C/C=C\C/C=C\CC. The Bertz CT molecular complexity index is 1170. The lowest BCUT2D eigenvalue weighted by atomic mass is 10.0. The molecule has 1 atom stereocenters. The van der Waals surface area contributed by atoms with Crippen LogP contribution in [-0.2, 0) is 19.1 Å². The Kier molecular flexibility index (Phi) is 47.5. The molecule has 0 saturated carbocycles. The Morgan fingerprint density at radius 3 is 1.00 bits per heavy atom. The Balaban J connectivity index is 3.55. The molecule has 5 heteroatoms. The van der Waals surface area contributed by atoms with Gasteiger partial charge < -0.3 is 14.6 Å². The predicted molar refractivity (Wildman–Crippen MR) is 260 cm³/mol. The van der Waals surface area contributed by atoms with E-state index < -0.39 is 6.10 Å². The molecule has 0 aromatic rings. The first kappa shape index (κ1) is 56.8. The highest BCUT2D eigenvalue weighted by Gasteiger charge is 2.16. The van der Waals surface area contributed by atoms with Crippen LogP contribution in [0.2, 0.25) is 0 Å². The van der Waals surface area contributed by atoms with Crippen LogP contribution in [0, 0.1) is 0 Å². The molecule has 0 fully saturated rings. The summed E-state index contributed by atoms with van der Waals surface area (Å²) in [5.74, 6) is -0.603. The van der Waals surface area contributed by atoms with Crippen molar-refractivity contribution in [1.82, 2.24) is 0 Å². The molecule has 1 N–H and O–H groups in total. The topological polar surface area (TPSA) is 72.8 Å². The van der Waals surface area contributed by atoms with Gasteiger partial charge in [-0.1, -0.05) is 214 Å². The van der Waals surface area contributed by atoms with E-state index in [1.807, 2.05) is 0 Å². The lowest BCUT2D eigenvalue weighted by Crippen LogP contribution is -2.28. The monoisotopic (exact) mass is 833 g/mol. The van der Waals surface area contributed by atoms with Crippen LogP contribution < -0.4 is 0 Å². The van der Waals surface area contributed by atoms with Crippen LogP contribution in [0.25, 0.3) is 0 Å². The molecule has 0 rings (SSSR count). The highest BCUT2D eigenvalue weighted by molar-refractivity contribution is 5.70. The quantitative estimate of drug-likeness (QED) is 0.0376. The summed E-state index contributed by atoms with van der Waals surface area (Å²) in [6.07, 6.45) is 70.6. The maximum Gasteiger partial charge on any atom is 0.306 e. The molecule has 0 bridgehead atoms. The number of allylic oxidation sites excluding steroid dienone is 16. The molecule has 0 spiro atoms. The summed E-state index contributed by atoms with van der Waals surface area (Å²) >= 11 is 0. The number of aliphatic hydroxyl groups is 1. The molecule has 0 aliphatic rings. The zero-order valence-corrected chi connectivity index (χ0v) is 38.9. The van der Waals surface area contributed by atoms with Crippen LogP contribution in [0.4, 0.5) is 0 Å². The van der Waals surface area contributed by atoms with E-state index in [0.29, 0.717) is 12.8 Å². The lowest BCUT2D eigenvalue weighted by molar-refractivity contribution is -0.161. The number of hydrogen-bond donors (Lipinski definition) is 1. The minimum atomic E-state index is -0.782. The summed E-state index contributed by atoms with van der Waals surface area (Å²) in [4.78, 5) is 24.5. The Morgan fingerprint density at radius 1 is 0.383 bits per heavy atom. The van der Waals surface area contributed by atoms with Gasteiger partial charge in [-0.05, 0) is 89.9 Å². The minimum Gasteiger partial charge on any atom is -0.462 e. The zero-order chi connectivity index (χ0) is 43.5. The third-order valence-corrected chi connectivity index (χ3v) is 10.4. The first-order valence-electron chi connectivity index (χ1n) is 24.8. The molecule has 0 amide bonds. The third-order valence-electron chi connectivity index (χ3n) is 10.4. The van der Waals surface area contributed by atoms with Crippen molar-refractivity contribution in [2.45, 2.75) is 225 Å². The summed E-state index contributed by atoms with van der Waals surface area (Å²) in [5, 5.41) is 9.63. The van der Waals surface area contributed by atoms with Gasteiger partial charge in [-0.25, -0.2) is 0 Å². The van der Waals surface area contributed by atoms with Crippen LogP contribution in [0.1, 0.15) is 219 Å². The fourth-order valence-corrected chi connectivity index (χ4v) is 6.71. The molecule has 0 aromatic heterocycles. The highest BCUT2D eigenvalue weighted by atomic mass is 16.6. The predicted octanol–water partition coefficient (Wildman–Crippen LogP) is 16.4. The number of carbonyl (C=O) groups excluding carboxylic acids is 2. The minimum absolute atomic E-state index is 0.0745. The molecule has 0 aliphatic carbocycles. The number of unbranched alkanes of at least 4 members (excludes halogenated alkanes) is 20. The van der Waals surface area contributed by atoms with Crippen LogP contribution in [-0.4, -0.2) is 36.4 Å². The largest absolute Gasteiger partial charge is 0.462 e. The highest BCUT2D eigenvalue weighted by Crippen LogP contribution is 2.15. The van der Waals surface area contributed by atoms with Gasteiger partial charge >= 0.3 is 11.9 Å². The summed E-state index contributed by atoms with van der Waals surface area (Å²) in [6, 6.07) is 0. The van der Waals surface area contributed by atoms with Gasteiger partial charge in [0.15, 0.2) is 6.10 Å². The maximum absolute atomic E-state index is 12.3.